The van der Waals surface area contributed by atoms with E-state index in [0.717, 1.165) is 24.1 Å². The van der Waals surface area contributed by atoms with Crippen LogP contribution in [0.4, 0.5) is 14.5 Å². The summed E-state index contributed by atoms with van der Waals surface area (Å²) in [5, 5.41) is 18.2. The largest absolute Gasteiger partial charge is 0.487 e. The van der Waals surface area contributed by atoms with E-state index >= 15 is 0 Å². The van der Waals surface area contributed by atoms with Crippen molar-refractivity contribution in [2.24, 2.45) is 11.5 Å². The number of alkyl halides is 2. The number of aromatic nitrogens is 1. The predicted octanol–water partition coefficient (Wildman–Crippen LogP) is 3.88. The maximum Gasteiger partial charge on any atom is 0.150 e. The van der Waals surface area contributed by atoms with E-state index in [1.165, 1.54) is 6.20 Å². The molecule has 7 nitrogen and oxygen atoms in total. The Morgan fingerprint density at radius 3 is 2.47 bits per heavy atom. The summed E-state index contributed by atoms with van der Waals surface area (Å²) in [5.74, 6) is 0.0614. The zero-order valence-electron chi connectivity index (χ0n) is 17.6. The lowest BCUT2D eigenvalue weighted by atomic mass is 9.99. The second-order valence-corrected chi connectivity index (χ2v) is 7.35. The number of nitrogen functional groups attached to an aromatic ring is 1. The number of nitrogens with two attached hydrogens (primary N) is 2. The first-order chi connectivity index (χ1) is 15.4. The molecule has 0 saturated carbocycles. The van der Waals surface area contributed by atoms with Gasteiger partial charge < -0.3 is 21.5 Å². The van der Waals surface area contributed by atoms with Gasteiger partial charge in [-0.2, -0.15) is 0 Å². The highest BCUT2D eigenvalue weighted by molar-refractivity contribution is 5.97. The van der Waals surface area contributed by atoms with E-state index in [1.807, 2.05) is 6.08 Å². The summed E-state index contributed by atoms with van der Waals surface area (Å²) in [6.07, 6.45) is 6.55. The molecule has 1 aromatic carbocycles. The highest BCUT2D eigenvalue weighted by atomic mass is 19.1. The number of amidine groups is 2. The molecule has 1 aromatic heterocycles. The molecule has 0 radical (unpaired) electrons. The molecule has 1 aliphatic carbocycles. The van der Waals surface area contributed by atoms with Gasteiger partial charge in [0.05, 0.1) is 0 Å². The van der Waals surface area contributed by atoms with Gasteiger partial charge in [0, 0.05) is 35.1 Å². The predicted molar refractivity (Wildman–Crippen MR) is 121 cm³/mol. The van der Waals surface area contributed by atoms with Gasteiger partial charge in [-0.25, -0.2) is 8.78 Å². The third-order valence-corrected chi connectivity index (χ3v) is 5.14. The van der Waals surface area contributed by atoms with E-state index in [1.54, 1.807) is 30.3 Å². The van der Waals surface area contributed by atoms with E-state index in [4.69, 9.17) is 27.0 Å². The van der Waals surface area contributed by atoms with E-state index < -0.39 is 13.3 Å². The number of benzene rings is 1. The molecule has 32 heavy (non-hydrogen) atoms. The summed E-state index contributed by atoms with van der Waals surface area (Å²) < 4.78 is 33.4. The fourth-order valence-corrected chi connectivity index (χ4v) is 3.37. The number of ether oxygens (including phenoxy) is 1. The summed E-state index contributed by atoms with van der Waals surface area (Å²) in [6, 6.07) is 6.95. The van der Waals surface area contributed by atoms with Crippen LogP contribution >= 0.6 is 0 Å². The average Bonchev–Trinajstić information content (AvgIpc) is 2.81. The highest BCUT2D eigenvalue weighted by Gasteiger charge is 2.18. The summed E-state index contributed by atoms with van der Waals surface area (Å²) >= 11 is 0. The molecule has 0 aliphatic heterocycles. The molecule has 1 aliphatic rings. The van der Waals surface area contributed by atoms with Gasteiger partial charge in [-0.1, -0.05) is 6.08 Å². The normalized spacial score (nSPS) is 13.2. The van der Waals surface area contributed by atoms with E-state index in [2.05, 4.69) is 10.3 Å². The maximum absolute atomic E-state index is 14.0. The fraction of sp³-hybridized carbons (Fsp3) is 0.261. The molecule has 168 valence electrons. The number of nitrogens with zero attached hydrogens (tertiary/aromatic N) is 1. The molecule has 0 unspecified atom stereocenters. The van der Waals surface area contributed by atoms with E-state index in [-0.39, 0.29) is 41.8 Å². The van der Waals surface area contributed by atoms with Crippen molar-refractivity contribution >= 4 is 17.4 Å². The highest BCUT2D eigenvalue weighted by Crippen LogP contribution is 2.29. The fourth-order valence-electron chi connectivity index (χ4n) is 3.37. The van der Waals surface area contributed by atoms with Crippen molar-refractivity contribution in [3.63, 3.8) is 0 Å². The Bertz CT molecular complexity index is 1060. The van der Waals surface area contributed by atoms with Gasteiger partial charge in [0.1, 0.15) is 43.1 Å². The van der Waals surface area contributed by atoms with Gasteiger partial charge >= 0.3 is 0 Å². The van der Waals surface area contributed by atoms with Gasteiger partial charge in [0.15, 0.2) is 0 Å². The number of nitrogens with one attached hydrogen (secondary N) is 3. The van der Waals surface area contributed by atoms with Gasteiger partial charge in [-0.15, -0.1) is 0 Å². The second-order valence-electron chi connectivity index (χ2n) is 7.35. The van der Waals surface area contributed by atoms with Crippen molar-refractivity contribution in [1.82, 2.24) is 4.98 Å². The van der Waals surface area contributed by atoms with Crippen LogP contribution in [0, 0.1) is 10.8 Å². The molecule has 0 atom stereocenters. The first kappa shape index (κ1) is 22.9. The minimum atomic E-state index is -0.875. The van der Waals surface area contributed by atoms with Crippen molar-refractivity contribution in [3.8, 4) is 5.75 Å². The molecule has 0 amide bonds. The van der Waals surface area contributed by atoms with Crippen molar-refractivity contribution < 1.29 is 13.5 Å². The van der Waals surface area contributed by atoms with Crippen LogP contribution in [-0.2, 0) is 19.9 Å². The molecule has 0 spiro atoms. The van der Waals surface area contributed by atoms with E-state index in [9.17, 15) is 8.78 Å². The Hall–Kier alpha value is -3.75. The Labute approximate surface area is 185 Å². The number of hydrogen-bond donors (Lipinski definition) is 5. The summed E-state index contributed by atoms with van der Waals surface area (Å²) in [6.45, 7) is -1.31. The van der Waals surface area contributed by atoms with Crippen molar-refractivity contribution in [1.29, 1.82) is 10.8 Å². The van der Waals surface area contributed by atoms with E-state index in [0.29, 0.717) is 16.7 Å². The summed E-state index contributed by atoms with van der Waals surface area (Å²) in [5.41, 5.74) is 14.7. The molecule has 1 heterocycles. The minimum absolute atomic E-state index is 0.0249. The first-order valence-corrected chi connectivity index (χ1v) is 10.1. The third-order valence-electron chi connectivity index (χ3n) is 5.14. The molecule has 0 bridgehead atoms. The Morgan fingerprint density at radius 2 is 1.84 bits per heavy atom. The van der Waals surface area contributed by atoms with Gasteiger partial charge in [0.25, 0.3) is 0 Å². The molecule has 0 fully saturated rings. The lowest BCUT2D eigenvalue weighted by molar-refractivity contribution is 0.322. The van der Waals surface area contributed by atoms with Gasteiger partial charge in [0.2, 0.25) is 0 Å². The summed E-state index contributed by atoms with van der Waals surface area (Å²) in [4.78, 5) is 4.13. The first-order valence-electron chi connectivity index (χ1n) is 10.1. The SMILES string of the molecule is N=C(N)C1=CCCC(COc2c(CF)ncc(CNc3ccc(C(=N)N)cc3)c2CF)=C1. The minimum Gasteiger partial charge on any atom is -0.487 e. The quantitative estimate of drug-likeness (QED) is 0.282. The number of pyridine rings is 1. The average molecular weight is 440 g/mol. The lowest BCUT2D eigenvalue weighted by Gasteiger charge is -2.19. The zero-order valence-corrected chi connectivity index (χ0v) is 17.6. The second kappa shape index (κ2) is 10.5. The van der Waals surface area contributed by atoms with Gasteiger partial charge in [-0.05, 0) is 54.3 Å². The maximum atomic E-state index is 14.0. The van der Waals surface area contributed by atoms with Crippen LogP contribution < -0.4 is 21.5 Å². The van der Waals surface area contributed by atoms with Crippen LogP contribution in [0.3, 0.4) is 0 Å². The monoisotopic (exact) mass is 440 g/mol. The molecular formula is C23H26F2N6O. The van der Waals surface area contributed by atoms with Crippen molar-refractivity contribution in [2.75, 3.05) is 11.9 Å². The lowest BCUT2D eigenvalue weighted by Crippen LogP contribution is -2.15. The van der Waals surface area contributed by atoms with Crippen molar-refractivity contribution in [2.45, 2.75) is 32.7 Å². The Kier molecular flexibility index (Phi) is 7.54. The smallest absolute Gasteiger partial charge is 0.150 e. The molecule has 7 N–H and O–H groups in total. The van der Waals surface area contributed by atoms with Crippen LogP contribution in [0.15, 0.2) is 53.8 Å². The standard InChI is InChI=1S/C23H26F2N6O/c24-9-19-17(11-30-18-6-4-15(5-7-18)22(26)27)12-31-20(10-25)21(19)32-13-14-2-1-3-16(8-14)23(28)29/h3-8,12,30H,1-2,9-11,13H2,(H3,26,27)(H3,28,29). The van der Waals surface area contributed by atoms with Crippen LogP contribution in [0.2, 0.25) is 0 Å². The molecule has 2 aromatic rings. The molecule has 9 heteroatoms. The number of rotatable bonds is 10. The number of anilines is 1. The Balaban J connectivity index is 1.77. The molecule has 3 rings (SSSR count). The molecular weight excluding hydrogens is 414 g/mol. The Morgan fingerprint density at radius 1 is 1.09 bits per heavy atom. The summed E-state index contributed by atoms with van der Waals surface area (Å²) in [7, 11) is 0. The number of allylic oxidation sites excluding steroid dienone is 1. The van der Waals surface area contributed by atoms with Crippen LogP contribution in [-0.4, -0.2) is 23.3 Å². The third kappa shape index (κ3) is 5.48. The number of halogens is 2. The van der Waals surface area contributed by atoms with Crippen molar-refractivity contribution in [3.05, 3.63) is 76.1 Å². The zero-order chi connectivity index (χ0) is 23.1. The topological polar surface area (TPSA) is 134 Å². The van der Waals surface area contributed by atoms with Crippen LogP contribution in [0.1, 0.15) is 35.2 Å². The molecule has 0 saturated heterocycles. The number of hydrogen-bond acceptors (Lipinski definition) is 5. The van der Waals surface area contributed by atoms with Crippen LogP contribution in [0.25, 0.3) is 0 Å². The van der Waals surface area contributed by atoms with Gasteiger partial charge in [-0.3, -0.25) is 15.8 Å². The van der Waals surface area contributed by atoms with Crippen LogP contribution in [0.5, 0.6) is 5.75 Å².